The predicted molar refractivity (Wildman–Crippen MR) is 81.1 cm³/mol. The maximum atomic E-state index is 12.5. The van der Waals surface area contributed by atoms with Crippen molar-refractivity contribution in [1.29, 1.82) is 0 Å². The third-order valence-corrected chi connectivity index (χ3v) is 3.58. The summed E-state index contributed by atoms with van der Waals surface area (Å²) in [5.74, 6) is 1.42. The summed E-state index contributed by atoms with van der Waals surface area (Å²) in [7, 11) is 0. The summed E-state index contributed by atoms with van der Waals surface area (Å²) in [6, 6.07) is 1.78. The Morgan fingerprint density at radius 3 is 2.67 bits per heavy atom. The number of hydrogen-bond donors (Lipinski definition) is 2. The van der Waals surface area contributed by atoms with Crippen LogP contribution in [0.1, 0.15) is 53.2 Å². The minimum absolute atomic E-state index is 0.158. The van der Waals surface area contributed by atoms with Crippen molar-refractivity contribution in [2.24, 2.45) is 0 Å². The molecule has 6 heteroatoms. The number of rotatable bonds is 4. The second-order valence-electron chi connectivity index (χ2n) is 5.23. The zero-order valence-corrected chi connectivity index (χ0v) is 13.2. The number of hydrogen-bond acceptors (Lipinski definition) is 4. The Kier molecular flexibility index (Phi) is 4.06. The first kappa shape index (κ1) is 15.2. The van der Waals surface area contributed by atoms with Crippen LogP contribution in [-0.2, 0) is 6.54 Å². The zero-order chi connectivity index (χ0) is 15.7. The highest BCUT2D eigenvalue weighted by Gasteiger charge is 2.22. The molecular weight excluding hydrogens is 268 g/mol. The second-order valence-corrected chi connectivity index (χ2v) is 5.23. The SMILES string of the molecule is CCn1nc(C)c(N)c1C(=O)NC(C)c1cc(C)oc1C. The van der Waals surface area contributed by atoms with Crippen molar-refractivity contribution >= 4 is 11.6 Å². The van der Waals surface area contributed by atoms with Crippen LogP contribution in [0.25, 0.3) is 0 Å². The van der Waals surface area contributed by atoms with Crippen molar-refractivity contribution in [2.75, 3.05) is 5.73 Å². The summed E-state index contributed by atoms with van der Waals surface area (Å²) in [5, 5.41) is 7.22. The lowest BCUT2D eigenvalue weighted by Crippen LogP contribution is -2.29. The fourth-order valence-corrected chi connectivity index (χ4v) is 2.49. The maximum absolute atomic E-state index is 12.5. The summed E-state index contributed by atoms with van der Waals surface area (Å²) >= 11 is 0. The van der Waals surface area contributed by atoms with E-state index in [1.807, 2.05) is 33.8 Å². The van der Waals surface area contributed by atoms with Gasteiger partial charge in [-0.15, -0.1) is 0 Å². The lowest BCUT2D eigenvalue weighted by Gasteiger charge is -2.14. The van der Waals surface area contributed by atoms with Crippen LogP contribution in [0.4, 0.5) is 5.69 Å². The number of nitrogens with two attached hydrogens (primary N) is 1. The van der Waals surface area contributed by atoms with Gasteiger partial charge in [0.2, 0.25) is 0 Å². The van der Waals surface area contributed by atoms with E-state index in [-0.39, 0.29) is 11.9 Å². The lowest BCUT2D eigenvalue weighted by atomic mass is 10.1. The molecule has 0 aromatic carbocycles. The number of carbonyl (C=O) groups excluding carboxylic acids is 1. The van der Waals surface area contributed by atoms with Gasteiger partial charge in [-0.3, -0.25) is 9.48 Å². The van der Waals surface area contributed by atoms with Crippen LogP contribution < -0.4 is 11.1 Å². The molecule has 0 saturated carbocycles. The Morgan fingerprint density at radius 2 is 2.14 bits per heavy atom. The topological polar surface area (TPSA) is 86.1 Å². The van der Waals surface area contributed by atoms with Crippen LogP contribution in [0, 0.1) is 20.8 Å². The number of nitrogens with zero attached hydrogens (tertiary/aromatic N) is 2. The first-order valence-electron chi connectivity index (χ1n) is 7.05. The molecule has 2 heterocycles. The minimum Gasteiger partial charge on any atom is -0.466 e. The van der Waals surface area contributed by atoms with Crippen LogP contribution in [-0.4, -0.2) is 15.7 Å². The molecule has 0 aliphatic carbocycles. The molecule has 1 amide bonds. The van der Waals surface area contributed by atoms with Crippen LogP contribution in [0.3, 0.4) is 0 Å². The highest BCUT2D eigenvalue weighted by Crippen LogP contribution is 2.23. The molecule has 114 valence electrons. The maximum Gasteiger partial charge on any atom is 0.272 e. The largest absolute Gasteiger partial charge is 0.466 e. The Labute approximate surface area is 124 Å². The second kappa shape index (κ2) is 5.63. The number of furan rings is 1. The van der Waals surface area contributed by atoms with Crippen LogP contribution in [0.15, 0.2) is 10.5 Å². The molecule has 1 atom stereocenters. The standard InChI is InChI=1S/C15H22N4O2/c1-6-19-14(13(16)10(4)18-19)15(20)17-9(3)12-7-8(2)21-11(12)5/h7,9H,6,16H2,1-5H3,(H,17,20). The average Bonchev–Trinajstić information content (AvgIpc) is 2.89. The fraction of sp³-hybridized carbons (Fsp3) is 0.467. The van der Waals surface area contributed by atoms with E-state index in [1.165, 1.54) is 0 Å². The quantitative estimate of drug-likeness (QED) is 0.905. The number of anilines is 1. The average molecular weight is 290 g/mol. The smallest absolute Gasteiger partial charge is 0.272 e. The fourth-order valence-electron chi connectivity index (χ4n) is 2.49. The molecular formula is C15H22N4O2. The van der Waals surface area contributed by atoms with E-state index in [2.05, 4.69) is 10.4 Å². The van der Waals surface area contributed by atoms with Gasteiger partial charge >= 0.3 is 0 Å². The van der Waals surface area contributed by atoms with Crippen LogP contribution >= 0.6 is 0 Å². The molecule has 21 heavy (non-hydrogen) atoms. The Hall–Kier alpha value is -2.24. The van der Waals surface area contributed by atoms with Gasteiger partial charge in [0, 0.05) is 12.1 Å². The van der Waals surface area contributed by atoms with Crippen LogP contribution in [0.2, 0.25) is 0 Å². The number of carbonyl (C=O) groups is 1. The number of aryl methyl sites for hydroxylation is 4. The van der Waals surface area contributed by atoms with Gasteiger partial charge in [-0.05, 0) is 40.7 Å². The molecule has 0 aliphatic rings. The molecule has 0 bridgehead atoms. The highest BCUT2D eigenvalue weighted by atomic mass is 16.3. The van der Waals surface area contributed by atoms with Gasteiger partial charge in [-0.25, -0.2) is 0 Å². The summed E-state index contributed by atoms with van der Waals surface area (Å²) in [6.45, 7) is 10.0. The molecule has 0 saturated heterocycles. The molecule has 2 rings (SSSR count). The number of amides is 1. The van der Waals surface area contributed by atoms with E-state index in [4.69, 9.17) is 10.2 Å². The van der Waals surface area contributed by atoms with Gasteiger partial charge in [-0.1, -0.05) is 0 Å². The summed E-state index contributed by atoms with van der Waals surface area (Å²) in [4.78, 5) is 12.5. The molecule has 0 spiro atoms. The minimum atomic E-state index is -0.222. The lowest BCUT2D eigenvalue weighted by molar-refractivity contribution is 0.0930. The van der Waals surface area contributed by atoms with Crippen molar-refractivity contribution in [1.82, 2.24) is 15.1 Å². The van der Waals surface area contributed by atoms with Crippen LogP contribution in [0.5, 0.6) is 0 Å². The number of nitrogen functional groups attached to an aromatic ring is 1. The van der Waals surface area contributed by atoms with E-state index >= 15 is 0 Å². The third-order valence-electron chi connectivity index (χ3n) is 3.58. The van der Waals surface area contributed by atoms with Gasteiger partial charge < -0.3 is 15.5 Å². The van der Waals surface area contributed by atoms with E-state index in [9.17, 15) is 4.79 Å². The first-order valence-corrected chi connectivity index (χ1v) is 7.05. The van der Waals surface area contributed by atoms with Crippen molar-refractivity contribution in [3.05, 3.63) is 34.5 Å². The molecule has 2 aromatic heterocycles. The molecule has 3 N–H and O–H groups in total. The van der Waals surface area contributed by atoms with E-state index in [1.54, 1.807) is 11.6 Å². The highest BCUT2D eigenvalue weighted by molar-refractivity contribution is 5.98. The van der Waals surface area contributed by atoms with E-state index in [0.29, 0.717) is 23.6 Å². The van der Waals surface area contributed by atoms with E-state index < -0.39 is 0 Å². The van der Waals surface area contributed by atoms with Crippen molar-refractivity contribution in [3.8, 4) is 0 Å². The predicted octanol–water partition coefficient (Wildman–Crippen LogP) is 2.49. The summed E-state index contributed by atoms with van der Waals surface area (Å²) < 4.78 is 7.13. The van der Waals surface area contributed by atoms with Gasteiger partial charge in [-0.2, -0.15) is 5.10 Å². The first-order chi connectivity index (χ1) is 9.85. The third kappa shape index (κ3) is 2.79. The summed E-state index contributed by atoms with van der Waals surface area (Å²) in [6.07, 6.45) is 0. The Morgan fingerprint density at radius 1 is 1.48 bits per heavy atom. The summed E-state index contributed by atoms with van der Waals surface area (Å²) in [5.41, 5.74) is 8.46. The zero-order valence-electron chi connectivity index (χ0n) is 13.2. The molecule has 2 aromatic rings. The molecule has 0 radical (unpaired) electrons. The van der Waals surface area contributed by atoms with E-state index in [0.717, 1.165) is 17.1 Å². The van der Waals surface area contributed by atoms with Crippen molar-refractivity contribution in [2.45, 2.75) is 47.2 Å². The van der Waals surface area contributed by atoms with Gasteiger partial charge in [0.15, 0.2) is 0 Å². The normalized spacial score (nSPS) is 12.4. The van der Waals surface area contributed by atoms with Crippen molar-refractivity contribution < 1.29 is 9.21 Å². The number of aromatic nitrogens is 2. The Balaban J connectivity index is 2.24. The van der Waals surface area contributed by atoms with Gasteiger partial charge in [0.25, 0.3) is 5.91 Å². The van der Waals surface area contributed by atoms with Gasteiger partial charge in [0.1, 0.15) is 17.2 Å². The monoisotopic (exact) mass is 290 g/mol. The molecule has 6 nitrogen and oxygen atoms in total. The molecule has 0 aliphatic heterocycles. The molecule has 1 unspecified atom stereocenters. The van der Waals surface area contributed by atoms with Crippen molar-refractivity contribution in [3.63, 3.8) is 0 Å². The van der Waals surface area contributed by atoms with Gasteiger partial charge in [0.05, 0.1) is 17.4 Å². The Bertz CT molecular complexity index is 670. The number of nitrogens with one attached hydrogen (secondary N) is 1. The molecule has 0 fully saturated rings.